The van der Waals surface area contributed by atoms with Gasteiger partial charge in [-0.2, -0.15) is 10.1 Å². The van der Waals surface area contributed by atoms with E-state index in [1.165, 1.54) is 27.7 Å². The molecule has 1 fully saturated rings. The number of aliphatic carboxylic acids is 1. The molecule has 92 valence electrons. The first kappa shape index (κ1) is 11.7. The molecule has 1 aliphatic heterocycles. The highest BCUT2D eigenvalue weighted by Crippen LogP contribution is 2.21. The summed E-state index contributed by atoms with van der Waals surface area (Å²) in [6.07, 6.45) is 1.31. The molecule has 2 rings (SSSR count). The van der Waals surface area contributed by atoms with Crippen molar-refractivity contribution < 1.29 is 14.7 Å². The van der Waals surface area contributed by atoms with Crippen LogP contribution >= 0.6 is 11.8 Å². The molecule has 17 heavy (non-hydrogen) atoms. The molecule has 0 aliphatic carbocycles. The Morgan fingerprint density at radius 2 is 2.41 bits per heavy atom. The van der Waals surface area contributed by atoms with Crippen molar-refractivity contribution in [1.82, 2.24) is 19.7 Å². The van der Waals surface area contributed by atoms with E-state index >= 15 is 0 Å². The maximum absolute atomic E-state index is 11.8. The van der Waals surface area contributed by atoms with Gasteiger partial charge in [0, 0.05) is 12.8 Å². The lowest BCUT2D eigenvalue weighted by Gasteiger charge is -2.20. The number of carboxylic acid groups (broad SMARTS) is 1. The number of aromatic nitrogens is 3. The Bertz CT molecular complexity index is 448. The number of anilines is 1. The number of nitrogens with one attached hydrogen (secondary N) is 1. The van der Waals surface area contributed by atoms with E-state index in [1.54, 1.807) is 7.05 Å². The van der Waals surface area contributed by atoms with E-state index in [2.05, 4.69) is 15.4 Å². The molecule has 0 aromatic carbocycles. The zero-order valence-electron chi connectivity index (χ0n) is 9.03. The van der Waals surface area contributed by atoms with Crippen molar-refractivity contribution >= 4 is 29.7 Å². The smallest absolute Gasteiger partial charge is 0.327 e. The summed E-state index contributed by atoms with van der Waals surface area (Å²) >= 11 is 1.41. The number of thioether (sulfide) groups is 1. The van der Waals surface area contributed by atoms with Gasteiger partial charge in [-0.1, -0.05) is 0 Å². The number of rotatable bonds is 2. The molecule has 0 radical (unpaired) electrons. The van der Waals surface area contributed by atoms with Crippen LogP contribution in [0, 0.1) is 0 Å². The zero-order valence-corrected chi connectivity index (χ0v) is 9.85. The van der Waals surface area contributed by atoms with E-state index in [0.717, 1.165) is 0 Å². The van der Waals surface area contributed by atoms with Gasteiger partial charge in [-0.25, -0.2) is 14.3 Å². The van der Waals surface area contributed by atoms with Gasteiger partial charge in [-0.15, -0.1) is 11.8 Å². The van der Waals surface area contributed by atoms with Crippen LogP contribution in [-0.2, 0) is 11.8 Å². The van der Waals surface area contributed by atoms with Crippen molar-refractivity contribution in [3.63, 3.8) is 0 Å². The normalized spacial score (nSPS) is 19.4. The van der Waals surface area contributed by atoms with Crippen molar-refractivity contribution in [3.05, 3.63) is 6.33 Å². The number of hydrogen-bond acceptors (Lipinski definition) is 5. The fourth-order valence-corrected chi connectivity index (χ4v) is 2.57. The largest absolute Gasteiger partial charge is 0.480 e. The number of carboxylic acids is 1. The van der Waals surface area contributed by atoms with Crippen LogP contribution in [-0.4, -0.2) is 54.4 Å². The monoisotopic (exact) mass is 257 g/mol. The van der Waals surface area contributed by atoms with Crippen LogP contribution in [0.15, 0.2) is 6.33 Å². The summed E-state index contributed by atoms with van der Waals surface area (Å²) in [4.78, 5) is 27.9. The summed E-state index contributed by atoms with van der Waals surface area (Å²) < 4.78 is 1.40. The Kier molecular flexibility index (Phi) is 3.18. The standard InChI is InChI=1S/C8H11N5O3S/c1-12-7(9-3-10-12)11-8(16)13-4-17-2-5(13)6(14)15/h3,5H,2,4H2,1H3,(H,14,15)(H,9,10,11,16). The second-order valence-corrected chi connectivity index (χ2v) is 4.46. The molecule has 1 unspecified atom stereocenters. The second-order valence-electron chi connectivity index (χ2n) is 3.46. The first-order chi connectivity index (χ1) is 8.09. The fourth-order valence-electron chi connectivity index (χ4n) is 1.42. The minimum absolute atomic E-state index is 0.288. The average Bonchev–Trinajstić information content (AvgIpc) is 2.87. The summed E-state index contributed by atoms with van der Waals surface area (Å²) in [6.45, 7) is 0. The van der Waals surface area contributed by atoms with Crippen LogP contribution < -0.4 is 5.32 Å². The number of nitrogens with zero attached hydrogens (tertiary/aromatic N) is 4. The Balaban J connectivity index is 2.05. The molecule has 0 saturated carbocycles. The van der Waals surface area contributed by atoms with E-state index in [9.17, 15) is 9.59 Å². The lowest BCUT2D eigenvalue weighted by molar-refractivity contribution is -0.140. The van der Waals surface area contributed by atoms with Gasteiger partial charge in [-0.05, 0) is 0 Å². The van der Waals surface area contributed by atoms with Gasteiger partial charge >= 0.3 is 12.0 Å². The van der Waals surface area contributed by atoms with E-state index in [0.29, 0.717) is 11.6 Å². The van der Waals surface area contributed by atoms with E-state index in [-0.39, 0.29) is 5.95 Å². The fraction of sp³-hybridized carbons (Fsp3) is 0.500. The number of hydrogen-bond donors (Lipinski definition) is 2. The minimum atomic E-state index is -0.997. The van der Waals surface area contributed by atoms with Gasteiger partial charge in [0.2, 0.25) is 5.95 Å². The predicted octanol–water partition coefficient (Wildman–Crippen LogP) is -0.194. The van der Waals surface area contributed by atoms with Gasteiger partial charge in [0.05, 0.1) is 5.88 Å². The minimum Gasteiger partial charge on any atom is -0.480 e. The third-order valence-corrected chi connectivity index (χ3v) is 3.37. The van der Waals surface area contributed by atoms with Gasteiger partial charge in [0.25, 0.3) is 0 Å². The Morgan fingerprint density at radius 1 is 1.65 bits per heavy atom. The number of amides is 2. The third-order valence-electron chi connectivity index (χ3n) is 2.36. The number of urea groups is 1. The lowest BCUT2D eigenvalue weighted by atomic mass is 10.3. The SMILES string of the molecule is Cn1ncnc1NC(=O)N1CSCC1C(=O)O. The number of carbonyl (C=O) groups is 2. The molecule has 2 N–H and O–H groups in total. The average molecular weight is 257 g/mol. The lowest BCUT2D eigenvalue weighted by Crippen LogP contribution is -2.44. The molecular weight excluding hydrogens is 246 g/mol. The zero-order chi connectivity index (χ0) is 12.4. The highest BCUT2D eigenvalue weighted by molar-refractivity contribution is 7.99. The highest BCUT2D eigenvalue weighted by atomic mass is 32.2. The molecule has 1 saturated heterocycles. The van der Waals surface area contributed by atoms with Gasteiger partial charge in [0.15, 0.2) is 0 Å². The van der Waals surface area contributed by atoms with Gasteiger partial charge in [0.1, 0.15) is 12.4 Å². The molecule has 1 aromatic heterocycles. The van der Waals surface area contributed by atoms with Crippen LogP contribution in [0.1, 0.15) is 0 Å². The molecule has 2 heterocycles. The second kappa shape index (κ2) is 4.62. The molecule has 2 amide bonds. The summed E-state index contributed by atoms with van der Waals surface area (Å²) in [5, 5.41) is 15.3. The topological polar surface area (TPSA) is 100 Å². The first-order valence-electron chi connectivity index (χ1n) is 4.81. The molecular formula is C8H11N5O3S. The molecule has 8 nitrogen and oxygen atoms in total. The van der Waals surface area contributed by atoms with Crippen LogP contribution in [0.3, 0.4) is 0 Å². The van der Waals surface area contributed by atoms with Crippen molar-refractivity contribution in [2.24, 2.45) is 7.05 Å². The van der Waals surface area contributed by atoms with Gasteiger partial charge in [-0.3, -0.25) is 5.32 Å². The predicted molar refractivity (Wildman–Crippen MR) is 60.6 cm³/mol. The van der Waals surface area contributed by atoms with Crippen molar-refractivity contribution in [2.75, 3.05) is 16.9 Å². The molecule has 0 spiro atoms. The van der Waals surface area contributed by atoms with Crippen molar-refractivity contribution in [1.29, 1.82) is 0 Å². The molecule has 1 atom stereocenters. The summed E-state index contributed by atoms with van der Waals surface area (Å²) in [5.41, 5.74) is 0. The van der Waals surface area contributed by atoms with Crippen molar-refractivity contribution in [3.8, 4) is 0 Å². The third kappa shape index (κ3) is 2.33. The van der Waals surface area contributed by atoms with Crippen LogP contribution in [0.25, 0.3) is 0 Å². The summed E-state index contributed by atoms with van der Waals surface area (Å²) in [6, 6.07) is -1.26. The highest BCUT2D eigenvalue weighted by Gasteiger charge is 2.34. The van der Waals surface area contributed by atoms with E-state index < -0.39 is 18.0 Å². The van der Waals surface area contributed by atoms with Crippen molar-refractivity contribution in [2.45, 2.75) is 6.04 Å². The summed E-state index contributed by atoms with van der Waals surface area (Å²) in [5.74, 6) is 0.0570. The van der Waals surface area contributed by atoms with Crippen LogP contribution in [0.4, 0.5) is 10.7 Å². The Morgan fingerprint density at radius 3 is 3.00 bits per heavy atom. The Hall–Kier alpha value is -1.77. The van der Waals surface area contributed by atoms with E-state index in [1.807, 2.05) is 0 Å². The molecule has 0 bridgehead atoms. The number of aryl methyl sites for hydroxylation is 1. The molecule has 9 heteroatoms. The maximum atomic E-state index is 11.8. The quantitative estimate of drug-likeness (QED) is 0.761. The van der Waals surface area contributed by atoms with Crippen LogP contribution in [0.5, 0.6) is 0 Å². The number of carbonyl (C=O) groups excluding carboxylic acids is 1. The molecule has 1 aromatic rings. The van der Waals surface area contributed by atoms with Gasteiger partial charge < -0.3 is 10.0 Å². The Labute approximate surface area is 101 Å². The van der Waals surface area contributed by atoms with E-state index in [4.69, 9.17) is 5.11 Å². The first-order valence-corrected chi connectivity index (χ1v) is 5.97. The molecule has 1 aliphatic rings. The summed E-state index contributed by atoms with van der Waals surface area (Å²) in [7, 11) is 1.63. The maximum Gasteiger partial charge on any atom is 0.327 e. The van der Waals surface area contributed by atoms with Crippen LogP contribution in [0.2, 0.25) is 0 Å².